The van der Waals surface area contributed by atoms with E-state index in [9.17, 15) is 13.7 Å². The molecular weight excluding hydrogens is 349 g/mol. The Morgan fingerprint density at radius 1 is 1.48 bits per heavy atom. The molecular formula is C15H22FN5O3S. The van der Waals surface area contributed by atoms with Gasteiger partial charge in [-0.2, -0.15) is 0 Å². The monoisotopic (exact) mass is 371 g/mol. The summed E-state index contributed by atoms with van der Waals surface area (Å²) in [6.45, 7) is 5.64. The van der Waals surface area contributed by atoms with Gasteiger partial charge in [0, 0.05) is 6.54 Å². The molecule has 8 nitrogen and oxygen atoms in total. The molecule has 138 valence electrons. The number of rotatable bonds is 1. The molecule has 0 aromatic carbocycles. The molecule has 1 aromatic rings. The van der Waals surface area contributed by atoms with Crippen molar-refractivity contribution in [1.29, 1.82) is 0 Å². The van der Waals surface area contributed by atoms with Gasteiger partial charge >= 0.3 is 6.09 Å². The van der Waals surface area contributed by atoms with Crippen molar-refractivity contribution in [1.82, 2.24) is 15.0 Å². The molecule has 2 aliphatic rings. The number of nitrogens with two attached hydrogens (primary N) is 1. The molecule has 0 aliphatic carbocycles. The first-order valence-electron chi connectivity index (χ1n) is 7.84. The molecule has 0 spiro atoms. The first-order valence-corrected chi connectivity index (χ1v) is 9.49. The number of aliphatic imine (C=N–C) groups is 1. The van der Waals surface area contributed by atoms with Gasteiger partial charge in [-0.05, 0) is 39.3 Å². The molecule has 25 heavy (non-hydrogen) atoms. The minimum atomic E-state index is -2.56. The van der Waals surface area contributed by atoms with E-state index in [-0.39, 0.29) is 17.3 Å². The van der Waals surface area contributed by atoms with E-state index in [1.807, 2.05) is 0 Å². The topological polar surface area (TPSA) is 133 Å². The van der Waals surface area contributed by atoms with Crippen molar-refractivity contribution in [2.45, 2.75) is 42.7 Å². The average Bonchev–Trinajstić information content (AvgIpc) is 2.92. The van der Waals surface area contributed by atoms with Crippen LogP contribution in [0.25, 0.3) is 0 Å². The number of halogens is 1. The Hall–Kier alpha value is -1.91. The van der Waals surface area contributed by atoms with Gasteiger partial charge in [-0.1, -0.05) is 10.5 Å². The molecule has 0 radical (unpaired) electrons. The fourth-order valence-corrected chi connectivity index (χ4v) is 7.03. The van der Waals surface area contributed by atoms with Crippen LogP contribution in [0.1, 0.15) is 32.9 Å². The van der Waals surface area contributed by atoms with Gasteiger partial charge in [0.1, 0.15) is 28.7 Å². The average molecular weight is 371 g/mol. The molecule has 1 unspecified atom stereocenters. The molecule has 1 aromatic heterocycles. The number of amidine groups is 1. The van der Waals surface area contributed by atoms with Gasteiger partial charge in [0.2, 0.25) is 0 Å². The van der Waals surface area contributed by atoms with Crippen molar-refractivity contribution in [3.05, 3.63) is 23.6 Å². The summed E-state index contributed by atoms with van der Waals surface area (Å²) in [5, 5.41) is 11.0. The van der Waals surface area contributed by atoms with Crippen LogP contribution in [0.5, 0.6) is 0 Å². The summed E-state index contributed by atoms with van der Waals surface area (Å²) >= 11 is 0. The lowest BCUT2D eigenvalue weighted by atomic mass is 9.89. The van der Waals surface area contributed by atoms with E-state index < -0.39 is 37.9 Å². The second-order valence-electron chi connectivity index (χ2n) is 6.91. The number of carboxylic acid groups (broad SMARTS) is 1. The molecule has 2 aliphatic heterocycles. The Bertz CT molecular complexity index is 774. The van der Waals surface area contributed by atoms with E-state index in [1.54, 1.807) is 20.8 Å². The number of hydrogen-bond acceptors (Lipinski definition) is 6. The molecule has 0 saturated carbocycles. The Labute approximate surface area is 146 Å². The van der Waals surface area contributed by atoms with Gasteiger partial charge in [0.15, 0.2) is 0 Å². The normalized spacial score (nSPS) is 36.0. The van der Waals surface area contributed by atoms with Crippen LogP contribution in [0.2, 0.25) is 0 Å². The van der Waals surface area contributed by atoms with E-state index in [0.717, 1.165) is 0 Å². The SMILES string of the molecule is CC1(C)C(NC(=O)O)=N[C@](C)(c2nc(N)ccc2F)[C@H]2CCNS21O. The molecule has 3 atom stereocenters. The van der Waals surface area contributed by atoms with Crippen LogP contribution in [0.4, 0.5) is 15.0 Å². The van der Waals surface area contributed by atoms with Crippen LogP contribution in [0.15, 0.2) is 17.1 Å². The highest BCUT2D eigenvalue weighted by Crippen LogP contribution is 2.67. The summed E-state index contributed by atoms with van der Waals surface area (Å²) in [4.78, 5) is 19.9. The van der Waals surface area contributed by atoms with Crippen LogP contribution < -0.4 is 15.8 Å². The highest BCUT2D eigenvalue weighted by molar-refractivity contribution is 8.29. The Kier molecular flexibility index (Phi) is 3.97. The number of nitrogen functional groups attached to an aromatic ring is 1. The van der Waals surface area contributed by atoms with Crippen LogP contribution >= 0.6 is 10.5 Å². The Morgan fingerprint density at radius 3 is 2.80 bits per heavy atom. The summed E-state index contributed by atoms with van der Waals surface area (Å²) in [7, 11) is -2.56. The number of nitrogens with zero attached hydrogens (tertiary/aromatic N) is 2. The maximum Gasteiger partial charge on any atom is 0.410 e. The van der Waals surface area contributed by atoms with Gasteiger partial charge in [0.05, 0.1) is 10.00 Å². The smallest absolute Gasteiger partial charge is 0.410 e. The number of hydrogen-bond donors (Lipinski definition) is 5. The van der Waals surface area contributed by atoms with Crippen LogP contribution in [-0.4, -0.2) is 43.1 Å². The lowest BCUT2D eigenvalue weighted by molar-refractivity contribution is 0.199. The minimum Gasteiger partial charge on any atom is -0.465 e. The third kappa shape index (κ3) is 2.47. The zero-order chi connectivity index (χ0) is 18.6. The lowest BCUT2D eigenvalue weighted by Gasteiger charge is -2.56. The molecule has 3 heterocycles. The standard InChI is InChI=1S/C15H22FN5O3S/c1-14(2)12(20-13(22)23)21-15(3,9-6-7-18-25(9,14)24)11-8(16)4-5-10(17)19-11/h4-5,9,18,24H,6-7H2,1-3H3,(H2,17,19)(H,20,21)(H,22,23)/t9-,15+/m1/s1. The maximum atomic E-state index is 14.5. The van der Waals surface area contributed by atoms with E-state index in [1.165, 1.54) is 12.1 Å². The van der Waals surface area contributed by atoms with Crippen LogP contribution in [0, 0.1) is 5.82 Å². The van der Waals surface area contributed by atoms with Crippen molar-refractivity contribution in [3.63, 3.8) is 0 Å². The van der Waals surface area contributed by atoms with E-state index >= 15 is 0 Å². The van der Waals surface area contributed by atoms with E-state index in [4.69, 9.17) is 10.8 Å². The van der Waals surface area contributed by atoms with Crippen molar-refractivity contribution >= 4 is 28.2 Å². The third-order valence-electron chi connectivity index (χ3n) is 5.03. The third-order valence-corrected chi connectivity index (χ3v) is 8.94. The summed E-state index contributed by atoms with van der Waals surface area (Å²) in [5.74, 6) is -0.382. The maximum absolute atomic E-state index is 14.5. The number of aromatic nitrogens is 1. The quantitative estimate of drug-likeness (QED) is 0.513. The number of anilines is 1. The molecule has 10 heteroatoms. The molecule has 1 amide bonds. The summed E-state index contributed by atoms with van der Waals surface area (Å²) in [5.41, 5.74) is 4.48. The number of carbonyl (C=O) groups is 1. The zero-order valence-corrected chi connectivity index (χ0v) is 15.0. The highest BCUT2D eigenvalue weighted by atomic mass is 32.3. The van der Waals surface area contributed by atoms with Crippen LogP contribution in [0.3, 0.4) is 0 Å². The first kappa shape index (κ1) is 17.9. The van der Waals surface area contributed by atoms with Crippen molar-refractivity contribution in [3.8, 4) is 0 Å². The molecule has 0 bridgehead atoms. The zero-order valence-electron chi connectivity index (χ0n) is 14.2. The minimum absolute atomic E-state index is 0.00677. The molecule has 3 rings (SSSR count). The second-order valence-corrected chi connectivity index (χ2v) is 10.0. The van der Waals surface area contributed by atoms with E-state index in [0.29, 0.717) is 13.0 Å². The van der Waals surface area contributed by atoms with Gasteiger partial charge in [0.25, 0.3) is 0 Å². The predicted octanol–water partition coefficient (Wildman–Crippen LogP) is 2.03. The Morgan fingerprint density at radius 2 is 2.16 bits per heavy atom. The highest BCUT2D eigenvalue weighted by Gasteiger charge is 2.62. The van der Waals surface area contributed by atoms with Crippen molar-refractivity contribution < 1.29 is 18.8 Å². The van der Waals surface area contributed by atoms with Gasteiger partial charge in [-0.15, -0.1) is 0 Å². The number of fused-ring (bicyclic) bond motifs is 1. The van der Waals surface area contributed by atoms with Gasteiger partial charge < -0.3 is 15.4 Å². The summed E-state index contributed by atoms with van der Waals surface area (Å²) < 4.78 is 28.2. The fraction of sp³-hybridized carbons (Fsp3) is 0.533. The molecule has 6 N–H and O–H groups in total. The molecule has 1 fully saturated rings. The Balaban J connectivity index is 2.27. The first-order chi connectivity index (χ1) is 11.5. The van der Waals surface area contributed by atoms with Crippen molar-refractivity contribution in [2.24, 2.45) is 4.99 Å². The largest absolute Gasteiger partial charge is 0.465 e. The van der Waals surface area contributed by atoms with Gasteiger partial charge in [-0.25, -0.2) is 14.2 Å². The second kappa shape index (κ2) is 5.55. The number of amides is 1. The predicted molar refractivity (Wildman–Crippen MR) is 95.3 cm³/mol. The lowest BCUT2D eigenvalue weighted by Crippen LogP contribution is -2.59. The fourth-order valence-electron chi connectivity index (χ4n) is 3.65. The van der Waals surface area contributed by atoms with Gasteiger partial charge in [-0.3, -0.25) is 15.0 Å². The van der Waals surface area contributed by atoms with E-state index in [2.05, 4.69) is 20.0 Å². The van der Waals surface area contributed by atoms with Crippen molar-refractivity contribution in [2.75, 3.05) is 12.3 Å². The number of nitrogens with one attached hydrogen (secondary N) is 2. The molecule has 1 saturated heterocycles. The number of pyridine rings is 1. The summed E-state index contributed by atoms with van der Waals surface area (Å²) in [6, 6.07) is 2.56. The summed E-state index contributed by atoms with van der Waals surface area (Å²) in [6.07, 6.45) is -0.736. The van der Waals surface area contributed by atoms with Crippen LogP contribution in [-0.2, 0) is 5.54 Å².